The third-order valence-corrected chi connectivity index (χ3v) is 2.27. The third-order valence-electron chi connectivity index (χ3n) is 2.27. The third kappa shape index (κ3) is 3.03. The van der Waals surface area contributed by atoms with Gasteiger partial charge in [0.15, 0.2) is 6.10 Å². The number of H-pyrrole nitrogens is 1. The molecular weight excluding hydrogens is 234 g/mol. The second-order valence-electron chi connectivity index (χ2n) is 3.55. The number of anilines is 1. The molecule has 0 aliphatic rings. The zero-order valence-electron chi connectivity index (χ0n) is 9.83. The van der Waals surface area contributed by atoms with Crippen molar-refractivity contribution in [3.63, 3.8) is 0 Å². The lowest BCUT2D eigenvalue weighted by Crippen LogP contribution is -2.32. The van der Waals surface area contributed by atoms with Crippen LogP contribution >= 0.6 is 0 Å². The molecule has 0 aliphatic heterocycles. The maximum absolute atomic E-state index is 11.9. The van der Waals surface area contributed by atoms with Crippen LogP contribution in [0, 0.1) is 0 Å². The summed E-state index contributed by atoms with van der Waals surface area (Å²) >= 11 is 0. The highest BCUT2D eigenvalue weighted by molar-refractivity contribution is 5.92. The molecular formula is C11H13N5O2. The molecule has 0 saturated heterocycles. The van der Waals surface area contributed by atoms with Crippen molar-refractivity contribution in [3.05, 3.63) is 30.3 Å². The molecule has 0 aliphatic carbocycles. The summed E-state index contributed by atoms with van der Waals surface area (Å²) in [6, 6.07) is 9.17. The molecule has 0 unspecified atom stereocenters. The number of hydrogen-bond donors (Lipinski definition) is 2. The van der Waals surface area contributed by atoms with Gasteiger partial charge in [-0.15, -0.1) is 5.10 Å². The van der Waals surface area contributed by atoms with Gasteiger partial charge in [-0.25, -0.2) is 0 Å². The number of tetrazole rings is 1. The zero-order valence-corrected chi connectivity index (χ0v) is 9.83. The Morgan fingerprint density at radius 1 is 1.44 bits per heavy atom. The number of aromatic amines is 1. The highest BCUT2D eigenvalue weighted by Gasteiger charge is 2.19. The van der Waals surface area contributed by atoms with Crippen molar-refractivity contribution in [2.24, 2.45) is 0 Å². The van der Waals surface area contributed by atoms with Gasteiger partial charge in [-0.3, -0.25) is 10.1 Å². The van der Waals surface area contributed by atoms with Gasteiger partial charge in [0.25, 0.3) is 11.9 Å². The number of carbonyl (C=O) groups excluding carboxylic acids is 1. The van der Waals surface area contributed by atoms with E-state index in [1.54, 1.807) is 12.1 Å². The van der Waals surface area contributed by atoms with Crippen molar-refractivity contribution < 1.29 is 9.53 Å². The summed E-state index contributed by atoms with van der Waals surface area (Å²) in [5, 5.41) is 15.4. The van der Waals surface area contributed by atoms with Gasteiger partial charge in [0.05, 0.1) is 0 Å². The van der Waals surface area contributed by atoms with Crippen LogP contribution in [0.2, 0.25) is 0 Å². The number of hydrogen-bond acceptors (Lipinski definition) is 5. The molecule has 0 spiro atoms. The van der Waals surface area contributed by atoms with E-state index in [2.05, 4.69) is 25.9 Å². The van der Waals surface area contributed by atoms with Crippen LogP contribution in [0.5, 0.6) is 5.75 Å². The van der Waals surface area contributed by atoms with Crippen molar-refractivity contribution in [1.82, 2.24) is 20.6 Å². The van der Waals surface area contributed by atoms with E-state index >= 15 is 0 Å². The minimum atomic E-state index is -0.592. The van der Waals surface area contributed by atoms with Crippen LogP contribution < -0.4 is 10.1 Å². The first-order chi connectivity index (χ1) is 8.79. The number of carbonyl (C=O) groups is 1. The minimum absolute atomic E-state index is 0.134. The number of ether oxygens (including phenoxy) is 1. The van der Waals surface area contributed by atoms with Gasteiger partial charge in [0.2, 0.25) is 0 Å². The van der Waals surface area contributed by atoms with E-state index in [9.17, 15) is 4.79 Å². The summed E-state index contributed by atoms with van der Waals surface area (Å²) in [5.41, 5.74) is 0. The molecule has 94 valence electrons. The van der Waals surface area contributed by atoms with Crippen molar-refractivity contribution in [2.45, 2.75) is 19.4 Å². The second kappa shape index (κ2) is 5.76. The molecule has 7 nitrogen and oxygen atoms in total. The first kappa shape index (κ1) is 12.0. The summed E-state index contributed by atoms with van der Waals surface area (Å²) in [5.74, 6) is 0.477. The van der Waals surface area contributed by atoms with Crippen molar-refractivity contribution >= 4 is 11.9 Å². The van der Waals surface area contributed by atoms with Crippen LogP contribution in [0.25, 0.3) is 0 Å². The Bertz CT molecular complexity index is 485. The highest BCUT2D eigenvalue weighted by atomic mass is 16.5. The SMILES string of the molecule is CC[C@H](Oc1ccccc1)C(=O)Nc1nn[nH]n1. The fourth-order valence-electron chi connectivity index (χ4n) is 1.39. The number of para-hydroxylation sites is 1. The van der Waals surface area contributed by atoms with E-state index < -0.39 is 6.10 Å². The van der Waals surface area contributed by atoms with Gasteiger partial charge in [0, 0.05) is 0 Å². The highest BCUT2D eigenvalue weighted by Crippen LogP contribution is 2.13. The normalized spacial score (nSPS) is 11.8. The number of amides is 1. The number of aromatic nitrogens is 4. The predicted octanol–water partition coefficient (Wildman–Crippen LogP) is 0.996. The Hall–Kier alpha value is -2.44. The van der Waals surface area contributed by atoms with Crippen LogP contribution in [0.15, 0.2) is 30.3 Å². The van der Waals surface area contributed by atoms with Crippen molar-refractivity contribution in [2.75, 3.05) is 5.32 Å². The average Bonchev–Trinajstić information content (AvgIpc) is 2.90. The van der Waals surface area contributed by atoms with Crippen LogP contribution in [0.4, 0.5) is 5.95 Å². The Morgan fingerprint density at radius 2 is 2.22 bits per heavy atom. The molecule has 1 amide bonds. The summed E-state index contributed by atoms with van der Waals surface area (Å²) < 4.78 is 5.58. The maximum Gasteiger partial charge on any atom is 0.269 e. The summed E-state index contributed by atoms with van der Waals surface area (Å²) in [4.78, 5) is 11.9. The lowest BCUT2D eigenvalue weighted by molar-refractivity contribution is -0.122. The summed E-state index contributed by atoms with van der Waals surface area (Å²) in [6.07, 6.45) is -0.0515. The number of benzene rings is 1. The zero-order chi connectivity index (χ0) is 12.8. The quantitative estimate of drug-likeness (QED) is 0.822. The van der Waals surface area contributed by atoms with Crippen molar-refractivity contribution in [3.8, 4) is 5.75 Å². The first-order valence-corrected chi connectivity index (χ1v) is 5.55. The molecule has 1 aromatic carbocycles. The van der Waals surface area contributed by atoms with Crippen molar-refractivity contribution in [1.29, 1.82) is 0 Å². The predicted molar refractivity (Wildman–Crippen MR) is 64.0 cm³/mol. The number of rotatable bonds is 5. The van der Waals surface area contributed by atoms with E-state index in [-0.39, 0.29) is 11.9 Å². The van der Waals surface area contributed by atoms with Crippen LogP contribution in [-0.4, -0.2) is 32.6 Å². The monoisotopic (exact) mass is 247 g/mol. The Balaban J connectivity index is 1.98. The van der Waals surface area contributed by atoms with Crippen LogP contribution in [0.3, 0.4) is 0 Å². The van der Waals surface area contributed by atoms with Gasteiger partial charge in [-0.05, 0) is 23.8 Å². The van der Waals surface area contributed by atoms with Gasteiger partial charge in [-0.2, -0.15) is 5.21 Å². The fourth-order valence-corrected chi connectivity index (χ4v) is 1.39. The Kier molecular flexibility index (Phi) is 3.85. The summed E-state index contributed by atoms with van der Waals surface area (Å²) in [6.45, 7) is 1.86. The van der Waals surface area contributed by atoms with Crippen LogP contribution in [-0.2, 0) is 4.79 Å². The Morgan fingerprint density at radius 3 is 2.83 bits per heavy atom. The molecule has 2 N–H and O–H groups in total. The Labute approximate surface area is 104 Å². The fraction of sp³-hybridized carbons (Fsp3) is 0.273. The molecule has 7 heteroatoms. The molecule has 0 bridgehead atoms. The van der Waals surface area contributed by atoms with Crippen LogP contribution in [0.1, 0.15) is 13.3 Å². The molecule has 2 aromatic rings. The lowest BCUT2D eigenvalue weighted by atomic mass is 10.2. The molecule has 0 saturated carbocycles. The lowest BCUT2D eigenvalue weighted by Gasteiger charge is -2.15. The molecule has 2 rings (SSSR count). The topological polar surface area (TPSA) is 92.8 Å². The largest absolute Gasteiger partial charge is 0.481 e. The van der Waals surface area contributed by atoms with Gasteiger partial charge in [0.1, 0.15) is 5.75 Å². The molecule has 0 radical (unpaired) electrons. The molecule has 1 atom stereocenters. The summed E-state index contributed by atoms with van der Waals surface area (Å²) in [7, 11) is 0. The molecule has 1 aromatic heterocycles. The van der Waals surface area contributed by atoms with E-state index in [1.807, 2.05) is 25.1 Å². The van der Waals surface area contributed by atoms with Gasteiger partial charge >= 0.3 is 0 Å². The molecule has 0 fully saturated rings. The standard InChI is InChI=1S/C11H13N5O2/c1-2-9(18-8-6-4-3-5-7-8)10(17)12-11-13-15-16-14-11/h3-7,9H,2H2,1H3,(H2,12,13,14,15,16,17)/t9-/m0/s1. The average molecular weight is 247 g/mol. The van der Waals surface area contributed by atoms with Gasteiger partial charge < -0.3 is 4.74 Å². The maximum atomic E-state index is 11.9. The van der Waals surface area contributed by atoms with Gasteiger partial charge in [-0.1, -0.05) is 30.2 Å². The van der Waals surface area contributed by atoms with E-state index in [0.717, 1.165) is 0 Å². The van der Waals surface area contributed by atoms with E-state index in [0.29, 0.717) is 12.2 Å². The second-order valence-corrected chi connectivity index (χ2v) is 3.55. The van der Waals surface area contributed by atoms with E-state index in [4.69, 9.17) is 4.74 Å². The first-order valence-electron chi connectivity index (χ1n) is 5.55. The van der Waals surface area contributed by atoms with E-state index in [1.165, 1.54) is 0 Å². The number of nitrogens with one attached hydrogen (secondary N) is 2. The molecule has 18 heavy (non-hydrogen) atoms. The molecule has 1 heterocycles. The number of nitrogens with zero attached hydrogens (tertiary/aromatic N) is 3. The smallest absolute Gasteiger partial charge is 0.269 e. The minimum Gasteiger partial charge on any atom is -0.481 e.